The second-order valence-corrected chi connectivity index (χ2v) is 8.38. The Balaban J connectivity index is 1.93. The molecule has 3 rings (SSSR count). The third kappa shape index (κ3) is 5.31. The fourth-order valence-corrected chi connectivity index (χ4v) is 4.34. The Labute approximate surface area is 210 Å². The number of hydrogen-bond acceptors (Lipinski definition) is 9. The van der Waals surface area contributed by atoms with Crippen molar-refractivity contribution in [2.24, 2.45) is 11.3 Å². The first-order valence-corrected chi connectivity index (χ1v) is 11.1. The van der Waals surface area contributed by atoms with Gasteiger partial charge in [-0.15, -0.1) is 12.6 Å². The summed E-state index contributed by atoms with van der Waals surface area (Å²) in [5.74, 6) is -4.21. The highest BCUT2D eigenvalue weighted by atomic mass is 32.1. The minimum absolute atomic E-state index is 0.140. The average Bonchev–Trinajstić information content (AvgIpc) is 3.38. The molecule has 0 radical (unpaired) electrons. The lowest BCUT2D eigenvalue weighted by atomic mass is 9.74. The molecule has 1 heterocycles. The zero-order valence-electron chi connectivity index (χ0n) is 19.1. The van der Waals surface area contributed by atoms with Crippen molar-refractivity contribution in [3.05, 3.63) is 63.7 Å². The van der Waals surface area contributed by atoms with Crippen LogP contribution >= 0.6 is 12.6 Å². The highest BCUT2D eigenvalue weighted by Crippen LogP contribution is 2.38. The molecule has 1 saturated heterocycles. The molecular weight excluding hydrogens is 494 g/mol. The second-order valence-electron chi connectivity index (χ2n) is 7.97. The van der Waals surface area contributed by atoms with Gasteiger partial charge in [0.25, 0.3) is 11.6 Å². The Morgan fingerprint density at radius 3 is 2.44 bits per heavy atom. The van der Waals surface area contributed by atoms with E-state index >= 15 is 0 Å². The molecule has 2 aromatic rings. The molecule has 12 nitrogen and oxygen atoms in total. The number of aromatic carboxylic acids is 1. The fraction of sp³-hybridized carbons (Fsp3) is 0.304. The van der Waals surface area contributed by atoms with Gasteiger partial charge >= 0.3 is 11.9 Å². The van der Waals surface area contributed by atoms with Gasteiger partial charge in [-0.25, -0.2) is 4.79 Å². The SMILES string of the molecule is COc1ccc(NC(=O)[C@](C(=O)S)(C(=O)OCc2ccc([N+](=O)[O-])cc2)C2CCNC2)c(C(=O)O)c1. The van der Waals surface area contributed by atoms with Crippen LogP contribution in [0.25, 0.3) is 0 Å². The molecule has 0 spiro atoms. The molecule has 0 aliphatic carbocycles. The van der Waals surface area contributed by atoms with Crippen LogP contribution in [0.3, 0.4) is 0 Å². The van der Waals surface area contributed by atoms with Gasteiger partial charge in [0.15, 0.2) is 0 Å². The number of amides is 1. The van der Waals surface area contributed by atoms with Gasteiger partial charge in [-0.05, 0) is 48.9 Å². The van der Waals surface area contributed by atoms with Crippen LogP contribution in [0.1, 0.15) is 22.3 Å². The van der Waals surface area contributed by atoms with Gasteiger partial charge in [0.1, 0.15) is 12.4 Å². The highest BCUT2D eigenvalue weighted by Gasteiger charge is 2.59. The number of nitrogens with zero attached hydrogens (tertiary/aromatic N) is 1. The number of nitro groups is 1. The highest BCUT2D eigenvalue weighted by molar-refractivity contribution is 7.97. The number of nitro benzene ring substituents is 1. The maximum Gasteiger partial charge on any atom is 0.337 e. The van der Waals surface area contributed by atoms with Crippen molar-refractivity contribution in [1.29, 1.82) is 0 Å². The van der Waals surface area contributed by atoms with Crippen molar-refractivity contribution < 1.29 is 38.7 Å². The van der Waals surface area contributed by atoms with Crippen LogP contribution in [0, 0.1) is 21.4 Å². The summed E-state index contributed by atoms with van der Waals surface area (Å²) in [5, 5.41) is 24.7. The number of methoxy groups -OCH3 is 1. The van der Waals surface area contributed by atoms with E-state index < -0.39 is 39.2 Å². The van der Waals surface area contributed by atoms with E-state index in [0.717, 1.165) is 0 Å². The van der Waals surface area contributed by atoms with E-state index in [1.807, 2.05) is 0 Å². The van der Waals surface area contributed by atoms with Crippen molar-refractivity contribution in [3.63, 3.8) is 0 Å². The first kappa shape index (κ1) is 26.6. The predicted molar refractivity (Wildman–Crippen MR) is 129 cm³/mol. The maximum atomic E-state index is 13.6. The molecule has 3 N–H and O–H groups in total. The quantitative estimate of drug-likeness (QED) is 0.120. The second kappa shape index (κ2) is 11.2. The number of nitrogens with one attached hydrogen (secondary N) is 2. The standard InChI is InChI=1S/C23H23N3O9S/c1-34-16-6-7-18(17(10-16)19(27)28)25-20(29)23(22(31)36,14-8-9-24-11-14)21(30)35-12-13-2-4-15(5-3-13)26(32)33/h2-7,10,14,24H,8-9,11-12H2,1H3,(H,25,29)(H,27,28)(H,31,36)/t14?,23-/m0/s1. The molecule has 0 bridgehead atoms. The van der Waals surface area contributed by atoms with Crippen LogP contribution in [-0.2, 0) is 25.7 Å². The summed E-state index contributed by atoms with van der Waals surface area (Å²) < 4.78 is 10.4. The van der Waals surface area contributed by atoms with Gasteiger partial charge in [-0.1, -0.05) is 0 Å². The van der Waals surface area contributed by atoms with E-state index in [0.29, 0.717) is 12.1 Å². The van der Waals surface area contributed by atoms with Crippen LogP contribution in [0.2, 0.25) is 0 Å². The number of carboxylic acid groups (broad SMARTS) is 1. The van der Waals surface area contributed by atoms with Gasteiger partial charge in [0.05, 0.1) is 23.3 Å². The Bertz CT molecular complexity index is 1200. The molecule has 1 aliphatic heterocycles. The van der Waals surface area contributed by atoms with Crippen molar-refractivity contribution in [3.8, 4) is 5.75 Å². The molecule has 190 valence electrons. The zero-order chi connectivity index (χ0) is 26.5. The van der Waals surface area contributed by atoms with Gasteiger partial charge in [0.2, 0.25) is 10.5 Å². The lowest BCUT2D eigenvalue weighted by molar-refractivity contribution is -0.384. The lowest BCUT2D eigenvalue weighted by Gasteiger charge is -2.32. The Morgan fingerprint density at radius 1 is 1.22 bits per heavy atom. The van der Waals surface area contributed by atoms with E-state index in [4.69, 9.17) is 9.47 Å². The van der Waals surface area contributed by atoms with Crippen LogP contribution in [0.5, 0.6) is 5.75 Å². The molecule has 0 aromatic heterocycles. The Morgan fingerprint density at radius 2 is 1.92 bits per heavy atom. The normalized spacial score (nSPS) is 16.4. The number of carbonyl (C=O) groups is 4. The summed E-state index contributed by atoms with van der Waals surface area (Å²) in [7, 11) is 1.35. The van der Waals surface area contributed by atoms with Gasteiger partial charge in [-0.3, -0.25) is 24.5 Å². The van der Waals surface area contributed by atoms with Gasteiger partial charge in [0, 0.05) is 24.6 Å². The van der Waals surface area contributed by atoms with Crippen molar-refractivity contribution >= 4 is 47.0 Å². The molecule has 2 atom stereocenters. The lowest BCUT2D eigenvalue weighted by Crippen LogP contribution is -2.54. The molecule has 1 fully saturated rings. The van der Waals surface area contributed by atoms with Gasteiger partial charge < -0.3 is 25.2 Å². The first-order valence-electron chi connectivity index (χ1n) is 10.7. The minimum Gasteiger partial charge on any atom is -0.497 e. The van der Waals surface area contributed by atoms with E-state index in [2.05, 4.69) is 23.3 Å². The minimum atomic E-state index is -2.39. The summed E-state index contributed by atoms with van der Waals surface area (Å²) >= 11 is 3.87. The monoisotopic (exact) mass is 517 g/mol. The molecule has 2 aromatic carbocycles. The number of anilines is 1. The third-order valence-electron chi connectivity index (χ3n) is 5.91. The smallest absolute Gasteiger partial charge is 0.337 e. The first-order chi connectivity index (χ1) is 17.1. The number of esters is 1. The summed E-state index contributed by atoms with van der Waals surface area (Å²) in [5.41, 5.74) is -2.62. The summed E-state index contributed by atoms with van der Waals surface area (Å²) in [6, 6.07) is 9.09. The van der Waals surface area contributed by atoms with Crippen molar-refractivity contribution in [1.82, 2.24) is 5.32 Å². The van der Waals surface area contributed by atoms with Crippen LogP contribution in [-0.4, -0.2) is 53.2 Å². The zero-order valence-corrected chi connectivity index (χ0v) is 19.9. The molecule has 1 aliphatic rings. The predicted octanol–water partition coefficient (Wildman–Crippen LogP) is 2.04. The number of non-ortho nitro benzene ring substituents is 1. The summed E-state index contributed by atoms with van der Waals surface area (Å²) in [4.78, 5) is 61.8. The van der Waals surface area contributed by atoms with Crippen LogP contribution in [0.15, 0.2) is 42.5 Å². The molecule has 36 heavy (non-hydrogen) atoms. The number of hydrogen-bond donors (Lipinski definition) is 4. The fourth-order valence-electron chi connectivity index (χ4n) is 3.96. The molecule has 1 amide bonds. The van der Waals surface area contributed by atoms with Crippen LogP contribution < -0.4 is 15.4 Å². The average molecular weight is 518 g/mol. The topological polar surface area (TPSA) is 174 Å². The number of thiol groups is 1. The largest absolute Gasteiger partial charge is 0.497 e. The Kier molecular flexibility index (Phi) is 8.27. The molecule has 1 unspecified atom stereocenters. The number of carbonyl (C=O) groups excluding carboxylic acids is 3. The van der Waals surface area contributed by atoms with Crippen molar-refractivity contribution in [2.45, 2.75) is 13.0 Å². The number of carboxylic acids is 1. The number of benzene rings is 2. The van der Waals surface area contributed by atoms with Gasteiger partial charge in [-0.2, -0.15) is 0 Å². The van der Waals surface area contributed by atoms with E-state index in [9.17, 15) is 34.4 Å². The number of ether oxygens (including phenoxy) is 2. The summed E-state index contributed by atoms with van der Waals surface area (Å²) in [6.07, 6.45) is 0.279. The van der Waals surface area contributed by atoms with Crippen LogP contribution in [0.4, 0.5) is 11.4 Å². The van der Waals surface area contributed by atoms with E-state index in [1.165, 1.54) is 49.6 Å². The molecule has 0 saturated carbocycles. The molecule has 13 heteroatoms. The summed E-state index contributed by atoms with van der Waals surface area (Å²) in [6.45, 7) is 0.204. The van der Waals surface area contributed by atoms with Crippen molar-refractivity contribution in [2.75, 3.05) is 25.5 Å². The maximum absolute atomic E-state index is 13.6. The van der Waals surface area contributed by atoms with E-state index in [1.54, 1.807) is 0 Å². The van der Waals surface area contributed by atoms with E-state index in [-0.39, 0.29) is 42.3 Å². The Hall–Kier alpha value is -3.97. The molecular formula is C23H23N3O9S. The third-order valence-corrected chi connectivity index (χ3v) is 6.27. The number of rotatable bonds is 10.